The summed E-state index contributed by atoms with van der Waals surface area (Å²) in [7, 11) is 0. The SMILES string of the molecule is O=C(O)C(c1ccccc1)C1(O)CCN(C(=O)NCCCc2ccc3c(n2)NCCC3)CC1. The number of amides is 2. The maximum absolute atomic E-state index is 12.6. The second-order valence-corrected chi connectivity index (χ2v) is 8.95. The molecule has 8 heteroatoms. The van der Waals surface area contributed by atoms with Gasteiger partial charge in [-0.25, -0.2) is 9.78 Å². The van der Waals surface area contributed by atoms with Crippen LogP contribution in [0.3, 0.4) is 0 Å². The Morgan fingerprint density at radius 1 is 1.15 bits per heavy atom. The van der Waals surface area contributed by atoms with Crippen LogP contribution in [0, 0.1) is 0 Å². The van der Waals surface area contributed by atoms with Crippen molar-refractivity contribution in [1.29, 1.82) is 0 Å². The predicted octanol–water partition coefficient (Wildman–Crippen LogP) is 2.78. The summed E-state index contributed by atoms with van der Waals surface area (Å²) in [6.45, 7) is 2.13. The molecule has 2 aliphatic rings. The number of carbonyl (C=O) groups excluding carboxylic acids is 1. The molecule has 0 radical (unpaired) electrons. The van der Waals surface area contributed by atoms with E-state index in [2.05, 4.69) is 27.8 Å². The number of piperidine rings is 1. The molecule has 3 heterocycles. The molecule has 0 saturated carbocycles. The van der Waals surface area contributed by atoms with Gasteiger partial charge in [-0.05, 0) is 55.7 Å². The van der Waals surface area contributed by atoms with Crippen molar-refractivity contribution >= 4 is 17.8 Å². The van der Waals surface area contributed by atoms with Crippen LogP contribution in [0.1, 0.15) is 48.4 Å². The van der Waals surface area contributed by atoms with Crippen LogP contribution in [0.15, 0.2) is 42.5 Å². The lowest BCUT2D eigenvalue weighted by Gasteiger charge is -2.41. The Morgan fingerprint density at radius 2 is 1.91 bits per heavy atom. The van der Waals surface area contributed by atoms with Gasteiger partial charge in [0.1, 0.15) is 11.7 Å². The Kier molecular flexibility index (Phi) is 7.13. The number of hydrogen-bond donors (Lipinski definition) is 4. The van der Waals surface area contributed by atoms with Gasteiger partial charge in [0.15, 0.2) is 0 Å². The molecule has 8 nitrogen and oxygen atoms in total. The maximum Gasteiger partial charge on any atom is 0.317 e. The number of aliphatic carboxylic acids is 1. The second kappa shape index (κ2) is 10.2. The number of carbonyl (C=O) groups is 2. The molecule has 1 fully saturated rings. The molecule has 2 aromatic rings. The third-order valence-corrected chi connectivity index (χ3v) is 6.67. The molecule has 1 unspecified atom stereocenters. The van der Waals surface area contributed by atoms with Crippen molar-refractivity contribution < 1.29 is 19.8 Å². The van der Waals surface area contributed by atoms with E-state index in [-0.39, 0.29) is 18.9 Å². The number of anilines is 1. The summed E-state index contributed by atoms with van der Waals surface area (Å²) in [5, 5.41) is 27.2. The van der Waals surface area contributed by atoms with Crippen molar-refractivity contribution in [3.63, 3.8) is 0 Å². The fourth-order valence-electron chi connectivity index (χ4n) is 4.80. The van der Waals surface area contributed by atoms with Gasteiger partial charge in [0, 0.05) is 31.9 Å². The minimum Gasteiger partial charge on any atom is -0.481 e. The number of nitrogens with one attached hydrogen (secondary N) is 2. The molecule has 2 aliphatic heterocycles. The highest BCUT2D eigenvalue weighted by molar-refractivity contribution is 5.78. The number of hydrogen-bond acceptors (Lipinski definition) is 5. The summed E-state index contributed by atoms with van der Waals surface area (Å²) in [6, 6.07) is 12.8. The van der Waals surface area contributed by atoms with E-state index >= 15 is 0 Å². The lowest BCUT2D eigenvalue weighted by atomic mass is 9.76. The number of aromatic nitrogens is 1. The Hall–Kier alpha value is -3.13. The minimum atomic E-state index is -1.38. The summed E-state index contributed by atoms with van der Waals surface area (Å²) in [6.07, 6.45) is 4.21. The van der Waals surface area contributed by atoms with E-state index in [0.717, 1.165) is 43.7 Å². The van der Waals surface area contributed by atoms with Crippen LogP contribution in [0.25, 0.3) is 0 Å². The summed E-state index contributed by atoms with van der Waals surface area (Å²) in [5.74, 6) is -1.08. The number of urea groups is 1. The van der Waals surface area contributed by atoms with Gasteiger partial charge in [-0.15, -0.1) is 0 Å². The summed E-state index contributed by atoms with van der Waals surface area (Å²) >= 11 is 0. The van der Waals surface area contributed by atoms with Gasteiger partial charge in [0.25, 0.3) is 0 Å². The van der Waals surface area contributed by atoms with Gasteiger partial charge in [-0.2, -0.15) is 0 Å². The fourth-order valence-corrected chi connectivity index (χ4v) is 4.80. The Balaban J connectivity index is 1.24. The van der Waals surface area contributed by atoms with E-state index in [1.54, 1.807) is 29.2 Å². The third-order valence-electron chi connectivity index (χ3n) is 6.67. The molecule has 1 aromatic carbocycles. The molecule has 33 heavy (non-hydrogen) atoms. The van der Waals surface area contributed by atoms with Crippen molar-refractivity contribution in [2.75, 3.05) is 31.5 Å². The zero-order valence-corrected chi connectivity index (χ0v) is 18.8. The molecule has 0 aliphatic carbocycles. The third kappa shape index (κ3) is 5.45. The number of likely N-dealkylation sites (tertiary alicyclic amines) is 1. The Labute approximate surface area is 194 Å². The molecule has 176 valence electrons. The first kappa shape index (κ1) is 23.0. The van der Waals surface area contributed by atoms with E-state index in [0.29, 0.717) is 25.2 Å². The van der Waals surface area contributed by atoms with Gasteiger partial charge < -0.3 is 25.7 Å². The highest BCUT2D eigenvalue weighted by atomic mass is 16.4. The zero-order chi connectivity index (χ0) is 23.3. The van der Waals surface area contributed by atoms with E-state index in [4.69, 9.17) is 0 Å². The molecule has 0 spiro atoms. The highest BCUT2D eigenvalue weighted by Gasteiger charge is 2.45. The smallest absolute Gasteiger partial charge is 0.317 e. The normalized spacial score (nSPS) is 18.0. The first-order valence-corrected chi connectivity index (χ1v) is 11.7. The average Bonchev–Trinajstić information content (AvgIpc) is 2.82. The summed E-state index contributed by atoms with van der Waals surface area (Å²) in [5.41, 5.74) is 1.48. The first-order chi connectivity index (χ1) is 16.0. The number of rotatable bonds is 7. The van der Waals surface area contributed by atoms with E-state index < -0.39 is 17.5 Å². The quantitative estimate of drug-likeness (QED) is 0.480. The number of carboxylic acids is 1. The van der Waals surface area contributed by atoms with Crippen LogP contribution in [-0.4, -0.2) is 63.9 Å². The molecule has 1 aromatic heterocycles. The zero-order valence-electron chi connectivity index (χ0n) is 18.8. The number of nitrogens with zero attached hydrogens (tertiary/aromatic N) is 2. The number of pyridine rings is 1. The van der Waals surface area contributed by atoms with Crippen molar-refractivity contribution in [2.45, 2.75) is 50.0 Å². The van der Waals surface area contributed by atoms with Crippen molar-refractivity contribution in [3.8, 4) is 0 Å². The van der Waals surface area contributed by atoms with E-state index in [9.17, 15) is 19.8 Å². The molecular formula is C25H32N4O4. The van der Waals surface area contributed by atoms with Crippen molar-refractivity contribution in [1.82, 2.24) is 15.2 Å². The molecule has 1 atom stereocenters. The van der Waals surface area contributed by atoms with Crippen molar-refractivity contribution in [3.05, 3.63) is 59.3 Å². The molecule has 0 bridgehead atoms. The minimum absolute atomic E-state index is 0.177. The van der Waals surface area contributed by atoms with Crippen molar-refractivity contribution in [2.24, 2.45) is 0 Å². The monoisotopic (exact) mass is 452 g/mol. The van der Waals surface area contributed by atoms with Crippen LogP contribution in [0.4, 0.5) is 10.6 Å². The van der Waals surface area contributed by atoms with Crippen LogP contribution >= 0.6 is 0 Å². The fraction of sp³-hybridized carbons (Fsp3) is 0.480. The average molecular weight is 453 g/mol. The van der Waals surface area contributed by atoms with Gasteiger partial charge >= 0.3 is 12.0 Å². The van der Waals surface area contributed by atoms with Gasteiger partial charge in [-0.1, -0.05) is 36.4 Å². The lowest BCUT2D eigenvalue weighted by Crippen LogP contribution is -2.53. The van der Waals surface area contributed by atoms with Crippen LogP contribution in [0.2, 0.25) is 0 Å². The number of carboxylic acid groups (broad SMARTS) is 1. The lowest BCUT2D eigenvalue weighted by molar-refractivity contribution is -0.148. The van der Waals surface area contributed by atoms with Crippen LogP contribution in [0.5, 0.6) is 0 Å². The highest BCUT2D eigenvalue weighted by Crippen LogP contribution is 2.37. The molecule has 1 saturated heterocycles. The molecular weight excluding hydrogens is 420 g/mol. The summed E-state index contributed by atoms with van der Waals surface area (Å²) < 4.78 is 0. The number of aliphatic hydroxyl groups is 1. The largest absolute Gasteiger partial charge is 0.481 e. The standard InChI is InChI=1S/C25H32N4O4/c30-23(31)21(18-6-2-1-3-7-18)25(33)12-16-29(17-13-25)24(32)27-15-5-9-20-11-10-19-8-4-14-26-22(19)28-20/h1-3,6-7,10-11,21,33H,4-5,8-9,12-17H2,(H,26,28)(H,27,32)(H,30,31). The maximum atomic E-state index is 12.6. The van der Waals surface area contributed by atoms with Crippen LogP contribution in [-0.2, 0) is 17.6 Å². The number of aryl methyl sites for hydroxylation is 2. The summed E-state index contributed by atoms with van der Waals surface area (Å²) in [4.78, 5) is 30.8. The van der Waals surface area contributed by atoms with Gasteiger partial charge in [0.2, 0.25) is 0 Å². The van der Waals surface area contributed by atoms with Gasteiger partial charge in [-0.3, -0.25) is 4.79 Å². The topological polar surface area (TPSA) is 115 Å². The molecule has 4 N–H and O–H groups in total. The molecule has 4 rings (SSSR count). The number of benzene rings is 1. The second-order valence-electron chi connectivity index (χ2n) is 8.95. The van der Waals surface area contributed by atoms with Gasteiger partial charge in [0.05, 0.1) is 5.60 Å². The van der Waals surface area contributed by atoms with Crippen LogP contribution < -0.4 is 10.6 Å². The molecule has 2 amide bonds. The predicted molar refractivity (Wildman–Crippen MR) is 125 cm³/mol. The first-order valence-electron chi connectivity index (χ1n) is 11.7. The van der Waals surface area contributed by atoms with E-state index in [1.807, 2.05) is 6.07 Å². The Bertz CT molecular complexity index is 974. The Morgan fingerprint density at radius 3 is 2.64 bits per heavy atom. The number of fused-ring (bicyclic) bond motifs is 1. The van der Waals surface area contributed by atoms with E-state index in [1.165, 1.54) is 5.56 Å².